The Hall–Kier alpha value is -0.520. The monoisotopic (exact) mass is 90.0 g/mol. The second-order valence-electron chi connectivity index (χ2n) is 2.68. The molecule has 2 atom stereocenters. The van der Waals surface area contributed by atoms with Gasteiger partial charge in [0.25, 0.3) is 0 Å². The van der Waals surface area contributed by atoms with Gasteiger partial charge in [0, 0.05) is 5.92 Å². The molecule has 1 saturated carbocycles. The van der Waals surface area contributed by atoms with E-state index in [1.54, 1.807) is 11.1 Å². The predicted octanol–water partition coefficient (Wildman–Crippen LogP) is 1.50. The highest BCUT2D eigenvalue weighted by Crippen LogP contribution is 2.64. The molecule has 0 spiro atoms. The maximum atomic E-state index is 2.35. The molecule has 0 amide bonds. The third kappa shape index (κ3) is 0.131. The normalized spacial score (nSPS) is 49.1. The molecule has 3 rings (SSSR count). The standard InChI is InChI=1S/C7H6/c1-2-5-6-3-4(1)7(5)6/h1-2,5-6H,3H2. The minimum Gasteiger partial charge on any atom is -0.0764 e. The van der Waals surface area contributed by atoms with Crippen LogP contribution in [-0.4, -0.2) is 0 Å². The molecule has 0 aromatic carbocycles. The maximum Gasteiger partial charge on any atom is 0.00582 e. The van der Waals surface area contributed by atoms with E-state index in [1.807, 2.05) is 0 Å². The molecule has 2 unspecified atom stereocenters. The molecule has 34 valence electrons. The molecule has 1 fully saturated rings. The van der Waals surface area contributed by atoms with Gasteiger partial charge in [0.1, 0.15) is 0 Å². The number of rotatable bonds is 0. The van der Waals surface area contributed by atoms with Crippen LogP contribution in [0, 0.1) is 11.8 Å². The van der Waals surface area contributed by atoms with Crippen molar-refractivity contribution in [2.24, 2.45) is 11.8 Å². The van der Waals surface area contributed by atoms with Crippen LogP contribution in [0.5, 0.6) is 0 Å². The van der Waals surface area contributed by atoms with Gasteiger partial charge in [-0.25, -0.2) is 0 Å². The van der Waals surface area contributed by atoms with Crippen LogP contribution in [-0.2, 0) is 0 Å². The van der Waals surface area contributed by atoms with Crippen LogP contribution in [0.3, 0.4) is 0 Å². The van der Waals surface area contributed by atoms with E-state index in [2.05, 4.69) is 12.2 Å². The number of hydrogen-bond donors (Lipinski definition) is 0. The van der Waals surface area contributed by atoms with Crippen molar-refractivity contribution in [1.29, 1.82) is 0 Å². The summed E-state index contributed by atoms with van der Waals surface area (Å²) in [5.74, 6) is 2.01. The Bertz CT molecular complexity index is 196. The average Bonchev–Trinajstić information content (AvgIpc) is 2.02. The molecule has 0 radical (unpaired) electrons. The summed E-state index contributed by atoms with van der Waals surface area (Å²) in [6, 6.07) is 0. The Morgan fingerprint density at radius 2 is 2.57 bits per heavy atom. The Labute approximate surface area is 42.5 Å². The second-order valence-corrected chi connectivity index (χ2v) is 2.68. The Morgan fingerprint density at radius 3 is 2.71 bits per heavy atom. The molecular formula is C7H6. The minimum absolute atomic E-state index is 0.954. The summed E-state index contributed by atoms with van der Waals surface area (Å²) in [5, 5.41) is 0. The van der Waals surface area contributed by atoms with E-state index in [-0.39, 0.29) is 0 Å². The van der Waals surface area contributed by atoms with Gasteiger partial charge in [0.15, 0.2) is 0 Å². The van der Waals surface area contributed by atoms with Gasteiger partial charge in [-0.2, -0.15) is 0 Å². The summed E-state index contributed by atoms with van der Waals surface area (Å²) in [5.41, 5.74) is 3.44. The number of hydrogen-bond acceptors (Lipinski definition) is 0. The van der Waals surface area contributed by atoms with Gasteiger partial charge in [-0.05, 0) is 17.9 Å². The quantitative estimate of drug-likeness (QED) is 0.423. The van der Waals surface area contributed by atoms with Crippen molar-refractivity contribution >= 4 is 0 Å². The van der Waals surface area contributed by atoms with Crippen LogP contribution < -0.4 is 0 Å². The summed E-state index contributed by atoms with van der Waals surface area (Å²) >= 11 is 0. The lowest BCUT2D eigenvalue weighted by Gasteiger charge is -2.07. The summed E-state index contributed by atoms with van der Waals surface area (Å²) in [6.45, 7) is 0. The zero-order chi connectivity index (χ0) is 4.43. The molecular weight excluding hydrogens is 84.1 g/mol. The van der Waals surface area contributed by atoms with Crippen LogP contribution in [0.2, 0.25) is 0 Å². The Balaban J connectivity index is 2.43. The van der Waals surface area contributed by atoms with E-state index in [0.29, 0.717) is 0 Å². The van der Waals surface area contributed by atoms with Crippen LogP contribution in [0.1, 0.15) is 6.42 Å². The first kappa shape index (κ1) is 2.71. The third-order valence-electron chi connectivity index (χ3n) is 2.40. The first-order valence-electron chi connectivity index (χ1n) is 2.88. The fourth-order valence-corrected chi connectivity index (χ4v) is 1.88. The molecule has 0 N–H and O–H groups in total. The Kier molecular flexibility index (Phi) is 0.203. The zero-order valence-electron chi connectivity index (χ0n) is 4.02. The van der Waals surface area contributed by atoms with Crippen molar-refractivity contribution in [3.63, 3.8) is 0 Å². The molecule has 0 nitrogen and oxygen atoms in total. The van der Waals surface area contributed by atoms with Gasteiger partial charge in [-0.15, -0.1) is 0 Å². The molecule has 0 saturated heterocycles. The summed E-state index contributed by atoms with van der Waals surface area (Å²) in [6.07, 6.45) is 6.05. The van der Waals surface area contributed by atoms with Crippen molar-refractivity contribution in [3.8, 4) is 0 Å². The topological polar surface area (TPSA) is 0 Å². The van der Waals surface area contributed by atoms with Crippen LogP contribution in [0.4, 0.5) is 0 Å². The fraction of sp³-hybridized carbons (Fsp3) is 0.429. The highest BCUT2D eigenvalue weighted by atomic mass is 14.6. The Morgan fingerprint density at radius 1 is 1.57 bits per heavy atom. The summed E-state index contributed by atoms with van der Waals surface area (Å²) in [4.78, 5) is 0. The van der Waals surface area contributed by atoms with Crippen molar-refractivity contribution < 1.29 is 0 Å². The molecule has 3 aliphatic carbocycles. The van der Waals surface area contributed by atoms with E-state index in [9.17, 15) is 0 Å². The largest absolute Gasteiger partial charge is 0.0764 e. The summed E-state index contributed by atoms with van der Waals surface area (Å²) < 4.78 is 0. The molecule has 0 bridgehead atoms. The molecule has 0 aromatic heterocycles. The van der Waals surface area contributed by atoms with Crippen molar-refractivity contribution in [2.45, 2.75) is 6.42 Å². The van der Waals surface area contributed by atoms with Crippen molar-refractivity contribution in [3.05, 3.63) is 23.3 Å². The molecule has 7 heavy (non-hydrogen) atoms. The van der Waals surface area contributed by atoms with Crippen molar-refractivity contribution in [2.75, 3.05) is 0 Å². The molecule has 0 aromatic rings. The second kappa shape index (κ2) is 0.525. The number of allylic oxidation sites excluding steroid dienone is 4. The molecule has 0 heterocycles. The van der Waals surface area contributed by atoms with E-state index in [1.165, 1.54) is 6.42 Å². The molecule has 0 heteroatoms. The van der Waals surface area contributed by atoms with Crippen LogP contribution in [0.25, 0.3) is 0 Å². The smallest absolute Gasteiger partial charge is 0.00582 e. The molecule has 0 aliphatic heterocycles. The first-order valence-corrected chi connectivity index (χ1v) is 2.88. The van der Waals surface area contributed by atoms with Gasteiger partial charge in [-0.3, -0.25) is 0 Å². The van der Waals surface area contributed by atoms with Gasteiger partial charge in [-0.1, -0.05) is 17.7 Å². The summed E-state index contributed by atoms with van der Waals surface area (Å²) in [7, 11) is 0. The highest BCUT2D eigenvalue weighted by molar-refractivity contribution is 5.59. The van der Waals surface area contributed by atoms with Crippen LogP contribution >= 0.6 is 0 Å². The first-order chi connectivity index (χ1) is 3.47. The molecule has 3 aliphatic rings. The van der Waals surface area contributed by atoms with E-state index >= 15 is 0 Å². The van der Waals surface area contributed by atoms with Crippen molar-refractivity contribution in [1.82, 2.24) is 0 Å². The van der Waals surface area contributed by atoms with Gasteiger partial charge in [0.05, 0.1) is 0 Å². The lowest BCUT2D eigenvalue weighted by Crippen LogP contribution is -1.93. The fourth-order valence-electron chi connectivity index (χ4n) is 1.88. The SMILES string of the molecule is C1=CC2C3=C1CC32. The van der Waals surface area contributed by atoms with E-state index < -0.39 is 0 Å². The average molecular weight is 90.1 g/mol. The lowest BCUT2D eigenvalue weighted by molar-refractivity contribution is 0.747. The zero-order valence-corrected chi connectivity index (χ0v) is 4.02. The lowest BCUT2D eigenvalue weighted by atomic mass is 9.97. The van der Waals surface area contributed by atoms with E-state index in [4.69, 9.17) is 0 Å². The maximum absolute atomic E-state index is 2.35. The highest BCUT2D eigenvalue weighted by Gasteiger charge is 2.53. The van der Waals surface area contributed by atoms with Gasteiger partial charge < -0.3 is 0 Å². The predicted molar refractivity (Wildman–Crippen MR) is 27.8 cm³/mol. The van der Waals surface area contributed by atoms with Crippen LogP contribution in [0.15, 0.2) is 23.3 Å². The third-order valence-corrected chi connectivity index (χ3v) is 2.40. The van der Waals surface area contributed by atoms with E-state index in [0.717, 1.165) is 11.8 Å². The van der Waals surface area contributed by atoms with Gasteiger partial charge in [0.2, 0.25) is 0 Å². The number of fused-ring (bicyclic) bond motifs is 1. The minimum atomic E-state index is 0.954. The van der Waals surface area contributed by atoms with Gasteiger partial charge >= 0.3 is 0 Å².